The van der Waals surface area contributed by atoms with Crippen molar-refractivity contribution in [2.45, 2.75) is 9.79 Å². The molecular weight excluding hydrogens is 821 g/mol. The second-order valence-electron chi connectivity index (χ2n) is 11.4. The van der Waals surface area contributed by atoms with Gasteiger partial charge in [0, 0.05) is 23.5 Å². The average Bonchev–Trinajstić information content (AvgIpc) is 3.12. The molecule has 0 spiro atoms. The third kappa shape index (κ3) is 8.26. The minimum absolute atomic E-state index is 0.145. The van der Waals surface area contributed by atoms with E-state index in [1.54, 1.807) is 0 Å². The molecule has 4 aromatic rings. The zero-order valence-electron chi connectivity index (χ0n) is 27.5. The van der Waals surface area contributed by atoms with Gasteiger partial charge in [-0.25, -0.2) is 0 Å². The van der Waals surface area contributed by atoms with E-state index in [0.717, 1.165) is 48.6 Å². The first-order chi connectivity index (χ1) is 26.1. The van der Waals surface area contributed by atoms with Crippen molar-refractivity contribution in [2.24, 2.45) is 10.2 Å². The summed E-state index contributed by atoms with van der Waals surface area (Å²) in [5, 5.41) is 7.64. The normalized spacial score (nSPS) is 16.4. The standard InChI is InChI=1S/C32H22N6O14S4/c39-31-23(15-27(55(47,48)49)21-3-1-11-33-29(21)31)37-35-19-9-7-17(25(13-19)53(41,42)43)5-6-18-8-10-20(14-26(18)54(44,45)46)36-38-24-16-28(56(50,51)52)22-4-2-12-34-30(22)32(24)40/h1-16,35-36H,(H,41,42,43)(H,44,45,46)(H,47,48,49)(H,50,51,52)/b6-5+,37-23-,38-24-. The fraction of sp³-hybridized carbons (Fsp3) is 0. The number of pyridine rings is 2. The number of nitrogens with zero attached hydrogens (tertiary/aromatic N) is 4. The van der Waals surface area contributed by atoms with E-state index in [2.05, 4.69) is 31.0 Å². The Morgan fingerprint density at radius 1 is 0.536 bits per heavy atom. The number of hydrazone groups is 2. The van der Waals surface area contributed by atoms with E-state index < -0.39 is 83.1 Å². The summed E-state index contributed by atoms with van der Waals surface area (Å²) in [6, 6.07) is 11.7. The van der Waals surface area contributed by atoms with Crippen molar-refractivity contribution >= 4 is 96.8 Å². The van der Waals surface area contributed by atoms with Crippen molar-refractivity contribution in [2.75, 3.05) is 10.9 Å². The maximum Gasteiger partial charge on any atom is 0.295 e. The number of Topliss-reactive ketones (excluding diaryl/α,β-unsaturated/α-hetero) is 2. The number of aromatic nitrogens is 2. The average molecular weight is 843 g/mol. The molecule has 6 N–H and O–H groups in total. The van der Waals surface area contributed by atoms with Crippen LogP contribution in [0.3, 0.4) is 0 Å². The summed E-state index contributed by atoms with van der Waals surface area (Å²) in [7, 11) is -19.7. The summed E-state index contributed by atoms with van der Waals surface area (Å²) in [6.07, 6.45) is 6.11. The van der Waals surface area contributed by atoms with Crippen LogP contribution in [-0.2, 0) is 40.5 Å². The highest BCUT2D eigenvalue weighted by Gasteiger charge is 2.33. The molecule has 20 nitrogen and oxygen atoms in total. The summed E-state index contributed by atoms with van der Waals surface area (Å²) in [5.74, 6) is -1.68. The first-order valence-electron chi connectivity index (χ1n) is 15.1. The Labute approximate surface area is 316 Å². The molecule has 0 radical (unpaired) electrons. The lowest BCUT2D eigenvalue weighted by molar-refractivity contribution is 0.105. The Morgan fingerprint density at radius 3 is 1.25 bits per heavy atom. The van der Waals surface area contributed by atoms with E-state index in [-0.39, 0.29) is 45.0 Å². The monoisotopic (exact) mass is 842 g/mol. The molecule has 24 heteroatoms. The minimum atomic E-state index is -5.01. The highest BCUT2D eigenvalue weighted by atomic mass is 32.2. The molecule has 0 bridgehead atoms. The van der Waals surface area contributed by atoms with E-state index in [4.69, 9.17) is 0 Å². The fourth-order valence-corrected chi connectivity index (χ4v) is 8.13. The highest BCUT2D eigenvalue weighted by Crippen LogP contribution is 2.31. The molecule has 0 atom stereocenters. The van der Waals surface area contributed by atoms with Gasteiger partial charge in [0.05, 0.1) is 11.4 Å². The van der Waals surface area contributed by atoms with Crippen LogP contribution < -0.4 is 10.9 Å². The van der Waals surface area contributed by atoms with Crippen molar-refractivity contribution in [1.82, 2.24) is 9.97 Å². The maximum absolute atomic E-state index is 12.9. The molecule has 0 amide bonds. The van der Waals surface area contributed by atoms with Gasteiger partial charge in [-0.2, -0.15) is 43.9 Å². The van der Waals surface area contributed by atoms with E-state index in [0.29, 0.717) is 0 Å². The van der Waals surface area contributed by atoms with Crippen LogP contribution in [0.25, 0.3) is 22.0 Å². The highest BCUT2D eigenvalue weighted by molar-refractivity contribution is 7.95. The van der Waals surface area contributed by atoms with Gasteiger partial charge >= 0.3 is 0 Å². The third-order valence-corrected chi connectivity index (χ3v) is 11.4. The van der Waals surface area contributed by atoms with Crippen molar-refractivity contribution in [3.05, 3.63) is 119 Å². The third-order valence-electron chi connectivity index (χ3n) is 7.77. The Bertz CT molecular complexity index is 2810. The topological polar surface area (TPSA) is 326 Å². The first-order valence-corrected chi connectivity index (χ1v) is 20.9. The molecule has 2 aliphatic rings. The van der Waals surface area contributed by atoms with Crippen LogP contribution in [0.4, 0.5) is 11.4 Å². The summed E-state index contributed by atoms with van der Waals surface area (Å²) in [4.78, 5) is 30.7. The van der Waals surface area contributed by atoms with Gasteiger partial charge in [0.2, 0.25) is 11.6 Å². The second kappa shape index (κ2) is 14.5. The van der Waals surface area contributed by atoms with E-state index in [9.17, 15) is 61.5 Å². The molecule has 0 unspecified atom stereocenters. The summed E-state index contributed by atoms with van der Waals surface area (Å²) in [6.45, 7) is 0. The van der Waals surface area contributed by atoms with Crippen LogP contribution in [0.5, 0.6) is 0 Å². The molecule has 288 valence electrons. The number of carbonyl (C=O) groups is 2. The molecule has 2 aromatic carbocycles. The second-order valence-corrected chi connectivity index (χ2v) is 17.0. The quantitative estimate of drug-likeness (QED) is 0.0759. The SMILES string of the molecule is O=C1/C(=N\Nc2ccc(/C=C/c3ccc(N/N=C4/C=C(S(=O)(=O)O)c5cccnc5C4=O)cc3S(=O)(=O)O)c(S(=O)(=O)O)c2)C=C(S(=O)(=O)O)c2cccnc21. The van der Waals surface area contributed by atoms with Crippen LogP contribution in [0.15, 0.2) is 105 Å². The van der Waals surface area contributed by atoms with Crippen molar-refractivity contribution < 1.29 is 61.5 Å². The molecule has 0 saturated carbocycles. The lowest BCUT2D eigenvalue weighted by Gasteiger charge is -2.15. The van der Waals surface area contributed by atoms with Gasteiger partial charge in [-0.3, -0.25) is 48.6 Å². The van der Waals surface area contributed by atoms with Gasteiger partial charge in [0.1, 0.15) is 42.4 Å². The Morgan fingerprint density at radius 2 is 0.911 bits per heavy atom. The summed E-state index contributed by atoms with van der Waals surface area (Å²) in [5.41, 5.74) is 1.94. The van der Waals surface area contributed by atoms with E-state index in [1.165, 1.54) is 48.8 Å². The smallest absolute Gasteiger partial charge is 0.285 e. The van der Waals surface area contributed by atoms with E-state index in [1.807, 2.05) is 0 Å². The number of carbonyl (C=O) groups excluding carboxylic acids is 2. The van der Waals surface area contributed by atoms with Crippen molar-refractivity contribution in [3.63, 3.8) is 0 Å². The molecule has 2 heterocycles. The number of ketones is 2. The van der Waals surface area contributed by atoms with Gasteiger partial charge in [-0.1, -0.05) is 24.3 Å². The fourth-order valence-electron chi connectivity index (χ4n) is 5.30. The molecule has 0 fully saturated rings. The summed E-state index contributed by atoms with van der Waals surface area (Å²) >= 11 is 0. The van der Waals surface area contributed by atoms with Crippen molar-refractivity contribution in [3.8, 4) is 0 Å². The van der Waals surface area contributed by atoms with Crippen LogP contribution in [0.1, 0.15) is 43.2 Å². The van der Waals surface area contributed by atoms with Crippen molar-refractivity contribution in [1.29, 1.82) is 0 Å². The molecule has 2 aliphatic carbocycles. The van der Waals surface area contributed by atoms with Gasteiger partial charge in [-0.15, -0.1) is 0 Å². The molecule has 0 saturated heterocycles. The van der Waals surface area contributed by atoms with Gasteiger partial charge < -0.3 is 0 Å². The lowest BCUT2D eigenvalue weighted by atomic mass is 10.00. The van der Waals surface area contributed by atoms with Gasteiger partial charge in [-0.05, 0) is 71.8 Å². The largest absolute Gasteiger partial charge is 0.295 e. The van der Waals surface area contributed by atoms with E-state index >= 15 is 0 Å². The number of hydrogen-bond donors (Lipinski definition) is 6. The van der Waals surface area contributed by atoms with Gasteiger partial charge in [0.15, 0.2) is 0 Å². The van der Waals surface area contributed by atoms with Gasteiger partial charge in [0.25, 0.3) is 40.5 Å². The zero-order valence-corrected chi connectivity index (χ0v) is 30.8. The number of benzene rings is 2. The Kier molecular flexibility index (Phi) is 10.3. The van der Waals surface area contributed by atoms with Crippen LogP contribution in [0, 0.1) is 0 Å². The predicted molar refractivity (Wildman–Crippen MR) is 200 cm³/mol. The number of anilines is 2. The van der Waals surface area contributed by atoms with Crippen LogP contribution in [-0.4, -0.2) is 84.8 Å². The number of allylic oxidation sites excluding steroid dienone is 2. The number of hydrogen-bond acceptors (Lipinski definition) is 16. The maximum atomic E-state index is 12.9. The number of nitrogens with one attached hydrogen (secondary N) is 2. The Balaban J connectivity index is 1.30. The van der Waals surface area contributed by atoms with Crippen LogP contribution >= 0.6 is 0 Å². The van der Waals surface area contributed by atoms with Crippen LogP contribution in [0.2, 0.25) is 0 Å². The molecular formula is C32H22N6O14S4. The molecule has 0 aliphatic heterocycles. The number of rotatable bonds is 10. The first kappa shape index (κ1) is 39.6. The predicted octanol–water partition coefficient (Wildman–Crippen LogP) is 2.93. The molecule has 56 heavy (non-hydrogen) atoms. The Hall–Kier alpha value is -6.12. The zero-order chi connectivity index (χ0) is 40.8. The summed E-state index contributed by atoms with van der Waals surface area (Å²) < 4.78 is 137. The minimum Gasteiger partial charge on any atom is -0.285 e. The number of fused-ring (bicyclic) bond motifs is 2. The lowest BCUT2D eigenvalue weighted by Crippen LogP contribution is -2.24. The molecule has 6 rings (SSSR count). The molecule has 2 aromatic heterocycles.